The number of sulfone groups is 1. The Balaban J connectivity index is 1.73. The van der Waals surface area contributed by atoms with Crippen molar-refractivity contribution in [1.29, 1.82) is 0 Å². The van der Waals surface area contributed by atoms with Gasteiger partial charge in [0.05, 0.1) is 11.5 Å². The summed E-state index contributed by atoms with van der Waals surface area (Å²) in [7, 11) is -2.95. The van der Waals surface area contributed by atoms with Crippen LogP contribution in [0.1, 0.15) is 44.9 Å². The molecule has 3 N–H and O–H groups in total. The zero-order valence-corrected chi connectivity index (χ0v) is 12.8. The second-order valence-corrected chi connectivity index (χ2v) is 8.58. The maximum atomic E-state index is 12.0. The third kappa shape index (κ3) is 4.74. The van der Waals surface area contributed by atoms with Crippen LogP contribution in [-0.4, -0.2) is 38.4 Å². The van der Waals surface area contributed by atoms with Gasteiger partial charge in [-0.25, -0.2) is 8.42 Å². The van der Waals surface area contributed by atoms with Crippen molar-refractivity contribution in [1.82, 2.24) is 5.32 Å². The standard InChI is InChI=1S/C14H26N2O3S/c15-9-12-5-3-11(4-6-12)8-14(17)16-13-2-1-7-20(18,19)10-13/h11-13H,1-10,15H2,(H,16,17). The SMILES string of the molecule is NCC1CCC(CC(=O)NC2CCCS(=O)(=O)C2)CC1. The summed E-state index contributed by atoms with van der Waals surface area (Å²) in [5, 5.41) is 2.90. The molecule has 116 valence electrons. The normalized spacial score (nSPS) is 33.5. The van der Waals surface area contributed by atoms with Crippen LogP contribution in [0.4, 0.5) is 0 Å². The molecule has 2 aliphatic rings. The lowest BCUT2D eigenvalue weighted by Gasteiger charge is -2.28. The van der Waals surface area contributed by atoms with Crippen LogP contribution in [-0.2, 0) is 14.6 Å². The minimum atomic E-state index is -2.95. The van der Waals surface area contributed by atoms with Crippen molar-refractivity contribution >= 4 is 15.7 Å². The van der Waals surface area contributed by atoms with Crippen LogP contribution < -0.4 is 11.1 Å². The second kappa shape index (κ2) is 6.89. The van der Waals surface area contributed by atoms with Crippen molar-refractivity contribution in [3.05, 3.63) is 0 Å². The molecule has 1 aliphatic heterocycles. The van der Waals surface area contributed by atoms with Gasteiger partial charge in [0, 0.05) is 12.5 Å². The van der Waals surface area contributed by atoms with Gasteiger partial charge in [-0.05, 0) is 56.9 Å². The van der Waals surface area contributed by atoms with E-state index >= 15 is 0 Å². The Labute approximate surface area is 121 Å². The van der Waals surface area contributed by atoms with E-state index in [2.05, 4.69) is 5.32 Å². The van der Waals surface area contributed by atoms with Crippen LogP contribution in [0.5, 0.6) is 0 Å². The lowest BCUT2D eigenvalue weighted by molar-refractivity contribution is -0.122. The largest absolute Gasteiger partial charge is 0.352 e. The van der Waals surface area contributed by atoms with Gasteiger partial charge < -0.3 is 11.1 Å². The summed E-state index contributed by atoms with van der Waals surface area (Å²) in [6.07, 6.45) is 6.35. The molecule has 2 rings (SSSR count). The molecule has 6 heteroatoms. The van der Waals surface area contributed by atoms with Gasteiger partial charge in [-0.15, -0.1) is 0 Å². The minimum absolute atomic E-state index is 0.0169. The van der Waals surface area contributed by atoms with Crippen LogP contribution in [0.15, 0.2) is 0 Å². The van der Waals surface area contributed by atoms with E-state index < -0.39 is 9.84 Å². The summed E-state index contributed by atoms with van der Waals surface area (Å²) in [6, 6.07) is -0.179. The number of hydrogen-bond acceptors (Lipinski definition) is 4. The topological polar surface area (TPSA) is 89.3 Å². The van der Waals surface area contributed by atoms with E-state index in [1.807, 2.05) is 0 Å². The maximum absolute atomic E-state index is 12.0. The summed E-state index contributed by atoms with van der Waals surface area (Å²) in [4.78, 5) is 12.0. The molecule has 0 aromatic carbocycles. The van der Waals surface area contributed by atoms with Crippen molar-refractivity contribution in [2.75, 3.05) is 18.1 Å². The Hall–Kier alpha value is -0.620. The Morgan fingerprint density at radius 3 is 2.35 bits per heavy atom. The molecule has 0 radical (unpaired) electrons. The Bertz CT molecular complexity index is 428. The molecule has 0 spiro atoms. The monoisotopic (exact) mass is 302 g/mol. The molecule has 1 saturated carbocycles. The summed E-state index contributed by atoms with van der Waals surface area (Å²) in [5.74, 6) is 1.46. The summed E-state index contributed by atoms with van der Waals surface area (Å²) < 4.78 is 23.1. The highest BCUT2D eigenvalue weighted by Crippen LogP contribution is 2.30. The third-order valence-electron chi connectivity index (χ3n) is 4.60. The van der Waals surface area contributed by atoms with E-state index in [9.17, 15) is 13.2 Å². The van der Waals surface area contributed by atoms with Gasteiger partial charge in [-0.2, -0.15) is 0 Å². The molecular formula is C14H26N2O3S. The molecule has 2 fully saturated rings. The minimum Gasteiger partial charge on any atom is -0.352 e. The summed E-state index contributed by atoms with van der Waals surface area (Å²) in [5.41, 5.74) is 5.66. The zero-order valence-electron chi connectivity index (χ0n) is 12.0. The molecule has 0 bridgehead atoms. The first-order valence-electron chi connectivity index (χ1n) is 7.68. The average molecular weight is 302 g/mol. The van der Waals surface area contributed by atoms with E-state index in [0.29, 0.717) is 24.7 Å². The molecule has 0 aromatic rings. The lowest BCUT2D eigenvalue weighted by atomic mass is 9.80. The fraction of sp³-hybridized carbons (Fsp3) is 0.929. The molecule has 1 amide bonds. The molecule has 0 aromatic heterocycles. The number of carbonyl (C=O) groups excluding carboxylic acids is 1. The molecule has 20 heavy (non-hydrogen) atoms. The first kappa shape index (κ1) is 15.8. The van der Waals surface area contributed by atoms with Crippen molar-refractivity contribution < 1.29 is 13.2 Å². The number of carbonyl (C=O) groups is 1. The highest BCUT2D eigenvalue weighted by molar-refractivity contribution is 7.91. The van der Waals surface area contributed by atoms with Gasteiger partial charge in [0.25, 0.3) is 0 Å². The smallest absolute Gasteiger partial charge is 0.220 e. The number of amides is 1. The van der Waals surface area contributed by atoms with Crippen LogP contribution in [0, 0.1) is 11.8 Å². The average Bonchev–Trinajstić information content (AvgIpc) is 2.38. The lowest BCUT2D eigenvalue weighted by Crippen LogP contribution is -2.43. The molecule has 1 aliphatic carbocycles. The van der Waals surface area contributed by atoms with Crippen molar-refractivity contribution in [3.8, 4) is 0 Å². The molecular weight excluding hydrogens is 276 g/mol. The van der Waals surface area contributed by atoms with Crippen LogP contribution in [0.3, 0.4) is 0 Å². The van der Waals surface area contributed by atoms with Gasteiger partial charge in [-0.3, -0.25) is 4.79 Å². The van der Waals surface area contributed by atoms with Gasteiger partial charge in [0.15, 0.2) is 9.84 Å². The van der Waals surface area contributed by atoms with Crippen LogP contribution >= 0.6 is 0 Å². The summed E-state index contributed by atoms with van der Waals surface area (Å²) >= 11 is 0. The van der Waals surface area contributed by atoms with Gasteiger partial charge in [-0.1, -0.05) is 0 Å². The second-order valence-electron chi connectivity index (χ2n) is 6.35. The Morgan fingerprint density at radius 1 is 1.10 bits per heavy atom. The Morgan fingerprint density at radius 2 is 1.75 bits per heavy atom. The van der Waals surface area contributed by atoms with E-state index in [1.54, 1.807) is 0 Å². The van der Waals surface area contributed by atoms with E-state index in [1.165, 1.54) is 0 Å². The first-order valence-corrected chi connectivity index (χ1v) is 9.50. The van der Waals surface area contributed by atoms with Crippen molar-refractivity contribution in [2.24, 2.45) is 17.6 Å². The van der Waals surface area contributed by atoms with Gasteiger partial charge >= 0.3 is 0 Å². The number of nitrogens with two attached hydrogens (primary N) is 1. The molecule has 5 nitrogen and oxygen atoms in total. The molecule has 1 atom stereocenters. The van der Waals surface area contributed by atoms with Crippen LogP contribution in [0.25, 0.3) is 0 Å². The van der Waals surface area contributed by atoms with Crippen molar-refractivity contribution in [2.45, 2.75) is 51.0 Å². The maximum Gasteiger partial charge on any atom is 0.220 e. The van der Waals surface area contributed by atoms with E-state index in [4.69, 9.17) is 5.73 Å². The highest BCUT2D eigenvalue weighted by atomic mass is 32.2. The predicted octanol–water partition coefficient (Wildman–Crippen LogP) is 0.835. The predicted molar refractivity (Wildman–Crippen MR) is 78.9 cm³/mol. The fourth-order valence-electron chi connectivity index (χ4n) is 3.36. The van der Waals surface area contributed by atoms with Gasteiger partial charge in [0.1, 0.15) is 0 Å². The number of rotatable bonds is 4. The zero-order chi connectivity index (χ0) is 14.6. The van der Waals surface area contributed by atoms with E-state index in [0.717, 1.165) is 38.6 Å². The quantitative estimate of drug-likeness (QED) is 0.805. The first-order chi connectivity index (χ1) is 9.48. The van der Waals surface area contributed by atoms with Crippen LogP contribution in [0.2, 0.25) is 0 Å². The fourth-order valence-corrected chi connectivity index (χ4v) is 4.99. The number of nitrogens with one attached hydrogen (secondary N) is 1. The highest BCUT2D eigenvalue weighted by Gasteiger charge is 2.27. The van der Waals surface area contributed by atoms with E-state index in [-0.39, 0.29) is 23.5 Å². The molecule has 1 saturated heterocycles. The van der Waals surface area contributed by atoms with Gasteiger partial charge in [0.2, 0.25) is 5.91 Å². The summed E-state index contributed by atoms with van der Waals surface area (Å²) in [6.45, 7) is 0.749. The third-order valence-corrected chi connectivity index (χ3v) is 6.42. The number of hydrogen-bond donors (Lipinski definition) is 2. The molecule has 1 heterocycles. The van der Waals surface area contributed by atoms with Crippen molar-refractivity contribution in [3.63, 3.8) is 0 Å². The Kier molecular flexibility index (Phi) is 5.43. The molecule has 1 unspecified atom stereocenters.